The van der Waals surface area contributed by atoms with E-state index < -0.39 is 0 Å². The molecular formula is C21H25Cl2IN4O. The number of nitrogens with zero attached hydrogens (tertiary/aromatic N) is 1. The topological polar surface area (TPSA) is 65.5 Å². The number of anilines is 1. The van der Waals surface area contributed by atoms with Gasteiger partial charge in [0.15, 0.2) is 5.96 Å². The van der Waals surface area contributed by atoms with Crippen LogP contribution in [-0.4, -0.2) is 32.0 Å². The minimum atomic E-state index is 0. The molecule has 156 valence electrons. The van der Waals surface area contributed by atoms with Gasteiger partial charge in [-0.3, -0.25) is 9.79 Å². The second-order valence-electron chi connectivity index (χ2n) is 6.76. The first-order valence-electron chi connectivity index (χ1n) is 9.34. The molecule has 2 aromatic rings. The van der Waals surface area contributed by atoms with E-state index in [1.54, 1.807) is 13.1 Å². The van der Waals surface area contributed by atoms with Gasteiger partial charge in [0.2, 0.25) is 5.91 Å². The summed E-state index contributed by atoms with van der Waals surface area (Å²) in [6.07, 6.45) is 2.24. The highest BCUT2D eigenvalue weighted by Gasteiger charge is 2.24. The Morgan fingerprint density at radius 3 is 2.76 bits per heavy atom. The van der Waals surface area contributed by atoms with Crippen LogP contribution in [0.15, 0.2) is 47.5 Å². The Hall–Kier alpha value is -1.51. The lowest BCUT2D eigenvalue weighted by atomic mass is 9.90. The molecule has 1 heterocycles. The molecule has 0 saturated carbocycles. The molecule has 5 nitrogen and oxygen atoms in total. The molecular weight excluding hydrogens is 522 g/mol. The van der Waals surface area contributed by atoms with E-state index in [1.165, 1.54) is 0 Å². The number of hydrogen-bond acceptors (Lipinski definition) is 2. The summed E-state index contributed by atoms with van der Waals surface area (Å²) in [6, 6.07) is 13.5. The molecule has 1 atom stereocenters. The van der Waals surface area contributed by atoms with Gasteiger partial charge in [0, 0.05) is 48.2 Å². The van der Waals surface area contributed by atoms with E-state index in [-0.39, 0.29) is 35.8 Å². The first-order chi connectivity index (χ1) is 13.6. The van der Waals surface area contributed by atoms with Gasteiger partial charge < -0.3 is 16.0 Å². The number of amides is 1. The highest BCUT2D eigenvalue weighted by Crippen LogP contribution is 2.31. The van der Waals surface area contributed by atoms with Gasteiger partial charge in [0.25, 0.3) is 0 Å². The van der Waals surface area contributed by atoms with Crippen molar-refractivity contribution < 1.29 is 4.79 Å². The first-order valence-corrected chi connectivity index (χ1v) is 10.1. The summed E-state index contributed by atoms with van der Waals surface area (Å²) in [5.41, 5.74) is 3.14. The van der Waals surface area contributed by atoms with Crippen molar-refractivity contribution in [2.24, 2.45) is 4.99 Å². The molecule has 0 aromatic heterocycles. The van der Waals surface area contributed by atoms with Gasteiger partial charge in [-0.15, -0.1) is 24.0 Å². The van der Waals surface area contributed by atoms with Crippen molar-refractivity contribution in [2.45, 2.75) is 25.2 Å². The molecule has 29 heavy (non-hydrogen) atoms. The van der Waals surface area contributed by atoms with Crippen LogP contribution >= 0.6 is 47.2 Å². The molecule has 3 rings (SSSR count). The fraction of sp³-hybridized carbons (Fsp3) is 0.333. The van der Waals surface area contributed by atoms with E-state index in [9.17, 15) is 4.79 Å². The van der Waals surface area contributed by atoms with Crippen molar-refractivity contribution in [1.82, 2.24) is 10.6 Å². The smallest absolute Gasteiger partial charge is 0.225 e. The van der Waals surface area contributed by atoms with Gasteiger partial charge in [0.05, 0.1) is 0 Å². The number of aliphatic imine (C=N–C) groups is 1. The maximum Gasteiger partial charge on any atom is 0.225 e. The van der Waals surface area contributed by atoms with Gasteiger partial charge in [-0.1, -0.05) is 47.5 Å². The number of guanidine groups is 1. The number of halogens is 3. The van der Waals surface area contributed by atoms with Crippen LogP contribution < -0.4 is 16.0 Å². The molecule has 1 aliphatic rings. The molecule has 2 aromatic carbocycles. The minimum absolute atomic E-state index is 0. The second kappa shape index (κ2) is 11.6. The van der Waals surface area contributed by atoms with Crippen molar-refractivity contribution in [2.75, 3.05) is 25.5 Å². The van der Waals surface area contributed by atoms with Crippen LogP contribution in [0.5, 0.6) is 0 Å². The number of para-hydroxylation sites is 1. The predicted molar refractivity (Wildman–Crippen MR) is 132 cm³/mol. The average molecular weight is 547 g/mol. The van der Waals surface area contributed by atoms with Crippen LogP contribution in [-0.2, 0) is 11.2 Å². The summed E-state index contributed by atoms with van der Waals surface area (Å²) in [7, 11) is 1.74. The molecule has 1 amide bonds. The van der Waals surface area contributed by atoms with Gasteiger partial charge >= 0.3 is 0 Å². The van der Waals surface area contributed by atoms with E-state index in [2.05, 4.69) is 27.0 Å². The Morgan fingerprint density at radius 2 is 2.00 bits per heavy atom. The zero-order valence-corrected chi connectivity index (χ0v) is 20.0. The first kappa shape index (κ1) is 23.8. The molecule has 1 unspecified atom stereocenters. The zero-order chi connectivity index (χ0) is 19.9. The van der Waals surface area contributed by atoms with Crippen LogP contribution in [0.3, 0.4) is 0 Å². The number of rotatable bonds is 6. The van der Waals surface area contributed by atoms with Crippen LogP contribution in [0.25, 0.3) is 0 Å². The zero-order valence-electron chi connectivity index (χ0n) is 16.2. The molecule has 0 spiro atoms. The molecule has 0 fully saturated rings. The summed E-state index contributed by atoms with van der Waals surface area (Å²) < 4.78 is 0. The lowest BCUT2D eigenvalue weighted by Gasteiger charge is -2.26. The van der Waals surface area contributed by atoms with E-state index in [1.807, 2.05) is 30.3 Å². The van der Waals surface area contributed by atoms with Crippen LogP contribution in [0.4, 0.5) is 5.69 Å². The quantitative estimate of drug-likeness (QED) is 0.210. The van der Waals surface area contributed by atoms with Crippen molar-refractivity contribution >= 4 is 64.7 Å². The fourth-order valence-corrected chi connectivity index (χ4v) is 3.84. The predicted octanol–water partition coefficient (Wildman–Crippen LogP) is 4.84. The largest absolute Gasteiger partial charge is 0.356 e. The standard InChI is InChI=1S/C21H24Cl2N4O.HI/c1-24-21(25-10-4-5-14-8-9-16(22)12-18(14)23)26-13-15-11-20(28)27-19-7-3-2-6-17(15)19;/h2-3,6-9,12,15H,4-5,10-11,13H2,1H3,(H,27,28)(H2,24,25,26);1H. The van der Waals surface area contributed by atoms with Crippen molar-refractivity contribution in [3.05, 3.63) is 63.6 Å². The fourth-order valence-electron chi connectivity index (χ4n) is 3.33. The number of hydrogen-bond donors (Lipinski definition) is 3. The lowest BCUT2D eigenvalue weighted by molar-refractivity contribution is -0.116. The Bertz CT molecular complexity index is 876. The second-order valence-corrected chi connectivity index (χ2v) is 7.60. The Labute approximate surface area is 198 Å². The van der Waals surface area contributed by atoms with Crippen molar-refractivity contribution in [1.29, 1.82) is 0 Å². The number of carbonyl (C=O) groups is 1. The van der Waals surface area contributed by atoms with Crippen molar-refractivity contribution in [3.63, 3.8) is 0 Å². The van der Waals surface area contributed by atoms with Crippen LogP contribution in [0, 0.1) is 0 Å². The van der Waals surface area contributed by atoms with E-state index >= 15 is 0 Å². The summed E-state index contributed by atoms with van der Waals surface area (Å²) >= 11 is 12.1. The average Bonchev–Trinajstić information content (AvgIpc) is 2.68. The lowest BCUT2D eigenvalue weighted by Crippen LogP contribution is -2.41. The van der Waals surface area contributed by atoms with E-state index in [0.717, 1.165) is 42.2 Å². The SMILES string of the molecule is CN=C(NCCCc1ccc(Cl)cc1Cl)NCC1CC(=O)Nc2ccccc21.I. The number of carbonyl (C=O) groups excluding carboxylic acids is 1. The third-order valence-corrected chi connectivity index (χ3v) is 5.36. The Balaban J connectivity index is 0.00000300. The van der Waals surface area contributed by atoms with E-state index in [0.29, 0.717) is 23.0 Å². The van der Waals surface area contributed by atoms with Crippen LogP contribution in [0.2, 0.25) is 10.0 Å². The molecule has 0 aliphatic carbocycles. The maximum atomic E-state index is 11.9. The highest BCUT2D eigenvalue weighted by molar-refractivity contribution is 14.0. The maximum absolute atomic E-state index is 11.9. The summed E-state index contributed by atoms with van der Waals surface area (Å²) in [5.74, 6) is 0.898. The Kier molecular flexibility index (Phi) is 9.52. The van der Waals surface area contributed by atoms with E-state index in [4.69, 9.17) is 23.2 Å². The summed E-state index contributed by atoms with van der Waals surface area (Å²) in [6.45, 7) is 1.41. The monoisotopic (exact) mass is 546 g/mol. The molecule has 1 aliphatic heterocycles. The third-order valence-electron chi connectivity index (χ3n) is 4.78. The molecule has 3 N–H and O–H groups in total. The van der Waals surface area contributed by atoms with Gasteiger partial charge in [0.1, 0.15) is 0 Å². The van der Waals surface area contributed by atoms with Crippen LogP contribution in [0.1, 0.15) is 29.9 Å². The normalized spacial score (nSPS) is 15.8. The number of nitrogens with one attached hydrogen (secondary N) is 3. The third kappa shape index (κ3) is 6.76. The summed E-state index contributed by atoms with van der Waals surface area (Å²) in [5, 5.41) is 10.9. The summed E-state index contributed by atoms with van der Waals surface area (Å²) in [4.78, 5) is 16.2. The molecule has 0 saturated heterocycles. The molecule has 8 heteroatoms. The van der Waals surface area contributed by atoms with Gasteiger partial charge in [-0.2, -0.15) is 0 Å². The number of aryl methyl sites for hydroxylation is 1. The van der Waals surface area contributed by atoms with Gasteiger partial charge in [-0.05, 0) is 42.2 Å². The number of fused-ring (bicyclic) bond motifs is 1. The molecule has 0 bridgehead atoms. The minimum Gasteiger partial charge on any atom is -0.356 e. The molecule has 0 radical (unpaired) electrons. The van der Waals surface area contributed by atoms with Gasteiger partial charge in [-0.25, -0.2) is 0 Å². The van der Waals surface area contributed by atoms with Crippen molar-refractivity contribution in [3.8, 4) is 0 Å². The number of benzene rings is 2. The highest BCUT2D eigenvalue weighted by atomic mass is 127. The Morgan fingerprint density at radius 1 is 1.21 bits per heavy atom.